The lowest BCUT2D eigenvalue weighted by molar-refractivity contribution is 0.0985. The van der Waals surface area contributed by atoms with Crippen LogP contribution in [0, 0.1) is 0 Å². The Balaban J connectivity index is 2.06. The summed E-state index contributed by atoms with van der Waals surface area (Å²) in [5.74, 6) is 2.47. The summed E-state index contributed by atoms with van der Waals surface area (Å²) in [7, 11) is -0.944. The molecule has 7 heteroatoms. The van der Waals surface area contributed by atoms with E-state index in [0.717, 1.165) is 29.2 Å². The fourth-order valence-corrected chi connectivity index (χ4v) is 3.74. The Bertz CT molecular complexity index is 856. The molecule has 2 N–H and O–H groups in total. The van der Waals surface area contributed by atoms with Crippen LogP contribution in [-0.2, 0) is 21.3 Å². The third-order valence-electron chi connectivity index (χ3n) is 4.62. The Hall–Kier alpha value is -2.25. The molecular weight excluding hydrogens is 360 g/mol. The van der Waals surface area contributed by atoms with Crippen molar-refractivity contribution in [1.82, 2.24) is 9.97 Å². The summed E-state index contributed by atoms with van der Waals surface area (Å²) < 4.78 is 17.7. The number of ether oxygens (including phenoxy) is 1. The van der Waals surface area contributed by atoms with Crippen LogP contribution in [0.2, 0.25) is 0 Å². The molecule has 1 aliphatic heterocycles. The van der Waals surface area contributed by atoms with E-state index in [2.05, 4.69) is 23.4 Å². The van der Waals surface area contributed by atoms with E-state index in [4.69, 9.17) is 15.5 Å². The van der Waals surface area contributed by atoms with E-state index in [1.807, 2.05) is 31.2 Å². The van der Waals surface area contributed by atoms with Crippen LogP contribution >= 0.6 is 0 Å². The van der Waals surface area contributed by atoms with Crippen LogP contribution in [-0.4, -0.2) is 45.7 Å². The molecule has 0 aliphatic carbocycles. The van der Waals surface area contributed by atoms with Gasteiger partial charge in [-0.05, 0) is 30.7 Å². The van der Waals surface area contributed by atoms with Gasteiger partial charge in [-0.15, -0.1) is 0 Å². The first-order valence-corrected chi connectivity index (χ1v) is 10.6. The number of nitrogens with two attached hydrogens (primary N) is 1. The van der Waals surface area contributed by atoms with E-state index in [0.29, 0.717) is 36.2 Å². The van der Waals surface area contributed by atoms with Crippen LogP contribution in [0.1, 0.15) is 25.1 Å². The minimum absolute atomic E-state index is 0.223. The number of anilines is 2. The molecule has 1 saturated heterocycles. The molecule has 1 aromatic heterocycles. The zero-order chi connectivity index (χ0) is 19.4. The molecule has 1 aliphatic rings. The standard InChI is InChI=1S/C20H26N4O2S/c1-4-15-10-16(6-7-18(15)21)20-22-17(13-27(25)5-2)11-19(23-20)24-8-9-26-12-14(24)3/h4,6-7,10-11,14H,1,5,8-9,12-13,21H2,2-3H3/t14-,27?/m1/s1. The zero-order valence-electron chi connectivity index (χ0n) is 15.9. The van der Waals surface area contributed by atoms with Crippen LogP contribution in [0.15, 0.2) is 30.8 Å². The van der Waals surface area contributed by atoms with Gasteiger partial charge in [0.15, 0.2) is 5.82 Å². The van der Waals surface area contributed by atoms with Gasteiger partial charge in [0, 0.05) is 40.4 Å². The van der Waals surface area contributed by atoms with Gasteiger partial charge in [0.25, 0.3) is 0 Å². The smallest absolute Gasteiger partial charge is 0.161 e. The molecule has 6 nitrogen and oxygen atoms in total. The average molecular weight is 387 g/mol. The fourth-order valence-electron chi connectivity index (χ4n) is 3.06. The Kier molecular flexibility index (Phi) is 6.23. The largest absolute Gasteiger partial charge is 0.398 e. The minimum Gasteiger partial charge on any atom is -0.398 e. The summed E-state index contributed by atoms with van der Waals surface area (Å²) >= 11 is 0. The number of morpholine rings is 1. The Labute approximate surface area is 162 Å². The molecule has 0 bridgehead atoms. The molecule has 1 fully saturated rings. The number of aromatic nitrogens is 2. The van der Waals surface area contributed by atoms with Crippen LogP contribution < -0.4 is 10.6 Å². The second-order valence-electron chi connectivity index (χ2n) is 6.58. The summed E-state index contributed by atoms with van der Waals surface area (Å²) in [5, 5.41) is 0. The van der Waals surface area contributed by atoms with E-state index in [1.54, 1.807) is 6.08 Å². The highest BCUT2D eigenvalue weighted by Gasteiger charge is 2.22. The maximum atomic E-state index is 12.1. The molecule has 1 aromatic carbocycles. The maximum Gasteiger partial charge on any atom is 0.161 e. The van der Waals surface area contributed by atoms with Crippen LogP contribution in [0.5, 0.6) is 0 Å². The fraction of sp³-hybridized carbons (Fsp3) is 0.400. The number of nitrogen functional groups attached to an aromatic ring is 1. The van der Waals surface area contributed by atoms with E-state index in [1.165, 1.54) is 0 Å². The number of hydrogen-bond donors (Lipinski definition) is 1. The first-order chi connectivity index (χ1) is 13.0. The molecule has 3 rings (SSSR count). The molecule has 0 amide bonds. The van der Waals surface area contributed by atoms with Crippen molar-refractivity contribution < 1.29 is 8.95 Å². The quantitative estimate of drug-likeness (QED) is 0.769. The van der Waals surface area contributed by atoms with Crippen molar-refractivity contribution in [3.8, 4) is 11.4 Å². The molecular formula is C20H26N4O2S. The maximum absolute atomic E-state index is 12.1. The number of nitrogens with zero attached hydrogens (tertiary/aromatic N) is 3. The highest BCUT2D eigenvalue weighted by molar-refractivity contribution is 7.84. The van der Waals surface area contributed by atoms with Gasteiger partial charge in [-0.1, -0.05) is 19.6 Å². The summed E-state index contributed by atoms with van der Waals surface area (Å²) in [6, 6.07) is 7.85. The lowest BCUT2D eigenvalue weighted by Crippen LogP contribution is -2.44. The molecule has 1 unspecified atom stereocenters. The van der Waals surface area contributed by atoms with E-state index < -0.39 is 10.8 Å². The summed E-state index contributed by atoms with van der Waals surface area (Å²) in [6.45, 7) is 9.95. The molecule has 0 saturated carbocycles. The predicted molar refractivity (Wildman–Crippen MR) is 112 cm³/mol. The lowest BCUT2D eigenvalue weighted by Gasteiger charge is -2.34. The van der Waals surface area contributed by atoms with Gasteiger partial charge in [-0.2, -0.15) is 0 Å². The summed E-state index contributed by atoms with van der Waals surface area (Å²) in [5.41, 5.74) is 9.14. The topological polar surface area (TPSA) is 81.3 Å². The molecule has 2 heterocycles. The van der Waals surface area contributed by atoms with Gasteiger partial charge >= 0.3 is 0 Å². The molecule has 2 aromatic rings. The lowest BCUT2D eigenvalue weighted by atomic mass is 10.1. The normalized spacial score (nSPS) is 18.3. The molecule has 144 valence electrons. The minimum atomic E-state index is -0.944. The van der Waals surface area contributed by atoms with Crippen molar-refractivity contribution in [2.24, 2.45) is 0 Å². The Morgan fingerprint density at radius 2 is 2.22 bits per heavy atom. The second-order valence-corrected chi connectivity index (χ2v) is 8.32. The Morgan fingerprint density at radius 1 is 1.41 bits per heavy atom. The Morgan fingerprint density at radius 3 is 2.93 bits per heavy atom. The summed E-state index contributed by atoms with van der Waals surface area (Å²) in [6.07, 6.45) is 1.72. The molecule has 0 radical (unpaired) electrons. The monoisotopic (exact) mass is 386 g/mol. The molecule has 27 heavy (non-hydrogen) atoms. The number of benzene rings is 1. The first kappa shape index (κ1) is 19.5. The zero-order valence-corrected chi connectivity index (χ0v) is 16.7. The number of hydrogen-bond acceptors (Lipinski definition) is 6. The van der Waals surface area contributed by atoms with Crippen molar-refractivity contribution in [2.45, 2.75) is 25.6 Å². The van der Waals surface area contributed by atoms with E-state index >= 15 is 0 Å². The highest BCUT2D eigenvalue weighted by atomic mass is 32.2. The van der Waals surface area contributed by atoms with Crippen LogP contribution in [0.3, 0.4) is 0 Å². The first-order valence-electron chi connectivity index (χ1n) is 9.11. The van der Waals surface area contributed by atoms with Gasteiger partial charge in [0.05, 0.1) is 30.7 Å². The van der Waals surface area contributed by atoms with Gasteiger partial charge in [0.1, 0.15) is 5.82 Å². The summed E-state index contributed by atoms with van der Waals surface area (Å²) in [4.78, 5) is 11.7. The van der Waals surface area contributed by atoms with Crippen molar-refractivity contribution in [2.75, 3.05) is 36.1 Å². The van der Waals surface area contributed by atoms with Crippen molar-refractivity contribution in [3.63, 3.8) is 0 Å². The number of rotatable bonds is 6. The van der Waals surface area contributed by atoms with Crippen molar-refractivity contribution in [1.29, 1.82) is 0 Å². The van der Waals surface area contributed by atoms with E-state index in [-0.39, 0.29) is 6.04 Å². The highest BCUT2D eigenvalue weighted by Crippen LogP contribution is 2.26. The second kappa shape index (κ2) is 8.63. The van der Waals surface area contributed by atoms with Gasteiger partial charge in [0.2, 0.25) is 0 Å². The van der Waals surface area contributed by atoms with Gasteiger partial charge in [-0.3, -0.25) is 4.21 Å². The predicted octanol–water partition coefficient (Wildman–Crippen LogP) is 2.86. The average Bonchev–Trinajstić information content (AvgIpc) is 2.68. The van der Waals surface area contributed by atoms with Crippen LogP contribution in [0.4, 0.5) is 11.5 Å². The third kappa shape index (κ3) is 4.54. The third-order valence-corrected chi connectivity index (χ3v) is 5.89. The van der Waals surface area contributed by atoms with Crippen molar-refractivity contribution in [3.05, 3.63) is 42.1 Å². The van der Waals surface area contributed by atoms with Gasteiger partial charge < -0.3 is 15.4 Å². The SMILES string of the molecule is C=Cc1cc(-c2nc(CS(=O)CC)cc(N3CCOC[C@H]3C)n2)ccc1N. The van der Waals surface area contributed by atoms with E-state index in [9.17, 15) is 4.21 Å². The molecule has 0 spiro atoms. The van der Waals surface area contributed by atoms with Gasteiger partial charge in [-0.25, -0.2) is 9.97 Å². The molecule has 2 atom stereocenters. The van der Waals surface area contributed by atoms with Crippen molar-refractivity contribution >= 4 is 28.4 Å². The van der Waals surface area contributed by atoms with Crippen LogP contribution in [0.25, 0.3) is 17.5 Å².